The Morgan fingerprint density at radius 2 is 2.06 bits per heavy atom. The molecule has 17 heavy (non-hydrogen) atoms. The van der Waals surface area contributed by atoms with Crippen LogP contribution in [0.4, 0.5) is 13.2 Å². The maximum Gasteiger partial charge on any atom is 0.420 e. The number of ether oxygens (including phenoxy) is 1. The number of halogens is 3. The van der Waals surface area contributed by atoms with Gasteiger partial charge in [-0.1, -0.05) is 0 Å². The van der Waals surface area contributed by atoms with Crippen LogP contribution >= 0.6 is 0 Å². The smallest absolute Gasteiger partial charge is 0.420 e. The van der Waals surface area contributed by atoms with Crippen LogP contribution in [0, 0.1) is 0 Å². The first kappa shape index (κ1) is 11.4. The first-order valence-electron chi connectivity index (χ1n) is 4.64. The molecule has 0 saturated carbocycles. The molecule has 0 spiro atoms. The van der Waals surface area contributed by atoms with Crippen LogP contribution < -0.4 is 4.74 Å². The fourth-order valence-electron chi connectivity index (χ4n) is 1.33. The summed E-state index contributed by atoms with van der Waals surface area (Å²) in [4.78, 5) is 3.69. The molecule has 90 valence electrons. The molecular formula is C10H8F3N3O. The van der Waals surface area contributed by atoms with E-state index in [1.807, 2.05) is 0 Å². The van der Waals surface area contributed by atoms with Gasteiger partial charge in [0.05, 0.1) is 7.11 Å². The van der Waals surface area contributed by atoms with Gasteiger partial charge in [0.1, 0.15) is 5.56 Å². The molecule has 2 rings (SSSR count). The van der Waals surface area contributed by atoms with E-state index in [0.29, 0.717) is 0 Å². The van der Waals surface area contributed by atoms with Gasteiger partial charge in [0.2, 0.25) is 5.88 Å². The zero-order chi connectivity index (χ0) is 12.5. The second-order valence-corrected chi connectivity index (χ2v) is 3.17. The Balaban J connectivity index is 2.52. The van der Waals surface area contributed by atoms with Crippen LogP contribution in [0.3, 0.4) is 0 Å². The van der Waals surface area contributed by atoms with Crippen molar-refractivity contribution in [2.75, 3.05) is 7.11 Å². The van der Waals surface area contributed by atoms with E-state index in [1.165, 1.54) is 31.6 Å². The number of methoxy groups -OCH3 is 1. The minimum absolute atomic E-state index is 0.226. The lowest BCUT2D eigenvalue weighted by atomic mass is 10.2. The molecule has 2 aromatic heterocycles. The summed E-state index contributed by atoms with van der Waals surface area (Å²) in [5, 5.41) is 3.81. The van der Waals surface area contributed by atoms with Gasteiger partial charge in [0.15, 0.2) is 5.82 Å². The Bertz CT molecular complexity index is 522. The van der Waals surface area contributed by atoms with Gasteiger partial charge >= 0.3 is 6.18 Å². The summed E-state index contributed by atoms with van der Waals surface area (Å²) in [7, 11) is 1.38. The molecule has 0 aliphatic carbocycles. The minimum Gasteiger partial charge on any atom is -0.480 e. The van der Waals surface area contributed by atoms with Crippen molar-refractivity contribution in [2.45, 2.75) is 6.18 Å². The molecular weight excluding hydrogens is 235 g/mol. The van der Waals surface area contributed by atoms with E-state index >= 15 is 0 Å². The Labute approximate surface area is 94.7 Å². The van der Waals surface area contributed by atoms with Gasteiger partial charge in [-0.2, -0.15) is 13.2 Å². The Hall–Kier alpha value is -2.05. The fourth-order valence-corrected chi connectivity index (χ4v) is 1.33. The molecule has 0 aliphatic rings. The molecule has 0 atom stereocenters. The maximum absolute atomic E-state index is 12.7. The molecule has 0 aromatic carbocycles. The third-order valence-electron chi connectivity index (χ3n) is 2.08. The van der Waals surface area contributed by atoms with Crippen LogP contribution in [0.2, 0.25) is 0 Å². The van der Waals surface area contributed by atoms with Crippen LogP contribution in [0.25, 0.3) is 5.82 Å². The first-order valence-corrected chi connectivity index (χ1v) is 4.64. The lowest BCUT2D eigenvalue weighted by Crippen LogP contribution is -2.12. The molecule has 2 heterocycles. The lowest BCUT2D eigenvalue weighted by molar-refractivity contribution is -0.137. The van der Waals surface area contributed by atoms with Crippen molar-refractivity contribution in [2.24, 2.45) is 0 Å². The summed E-state index contributed by atoms with van der Waals surface area (Å²) >= 11 is 0. The number of nitrogens with zero attached hydrogens (tertiary/aromatic N) is 3. The number of aromatic nitrogens is 3. The molecule has 0 saturated heterocycles. The van der Waals surface area contributed by atoms with Crippen LogP contribution in [-0.4, -0.2) is 21.9 Å². The van der Waals surface area contributed by atoms with E-state index in [0.717, 1.165) is 10.7 Å². The maximum atomic E-state index is 12.7. The summed E-state index contributed by atoms with van der Waals surface area (Å²) in [6.45, 7) is 0. The van der Waals surface area contributed by atoms with Crippen molar-refractivity contribution in [3.05, 3.63) is 36.2 Å². The van der Waals surface area contributed by atoms with Crippen molar-refractivity contribution < 1.29 is 17.9 Å². The van der Waals surface area contributed by atoms with Crippen molar-refractivity contribution in [1.82, 2.24) is 14.8 Å². The summed E-state index contributed by atoms with van der Waals surface area (Å²) in [5.41, 5.74) is -0.842. The quantitative estimate of drug-likeness (QED) is 0.812. The monoisotopic (exact) mass is 243 g/mol. The topological polar surface area (TPSA) is 39.9 Å². The molecule has 7 heteroatoms. The Morgan fingerprint density at radius 3 is 2.65 bits per heavy atom. The molecule has 0 bridgehead atoms. The van der Waals surface area contributed by atoms with Gasteiger partial charge in [-0.05, 0) is 12.1 Å². The number of hydrogen-bond donors (Lipinski definition) is 0. The van der Waals surface area contributed by atoms with Gasteiger partial charge in [-0.25, -0.2) is 9.67 Å². The van der Waals surface area contributed by atoms with Crippen molar-refractivity contribution in [3.63, 3.8) is 0 Å². The molecule has 0 radical (unpaired) electrons. The van der Waals surface area contributed by atoms with E-state index in [9.17, 15) is 13.2 Å². The van der Waals surface area contributed by atoms with Crippen molar-refractivity contribution >= 4 is 0 Å². The highest BCUT2D eigenvalue weighted by atomic mass is 19.4. The summed E-state index contributed by atoms with van der Waals surface area (Å²) in [6, 6.07) is 3.64. The first-order chi connectivity index (χ1) is 8.02. The van der Waals surface area contributed by atoms with E-state index < -0.39 is 11.7 Å². The van der Waals surface area contributed by atoms with E-state index in [2.05, 4.69) is 10.1 Å². The van der Waals surface area contributed by atoms with Crippen LogP contribution in [0.5, 0.6) is 5.88 Å². The van der Waals surface area contributed by atoms with Gasteiger partial charge in [0.25, 0.3) is 0 Å². The number of rotatable bonds is 2. The number of alkyl halides is 3. The number of hydrogen-bond acceptors (Lipinski definition) is 3. The predicted molar refractivity (Wildman–Crippen MR) is 52.9 cm³/mol. The molecule has 2 aromatic rings. The SMILES string of the molecule is COc1ccn(-c2ncccc2C(F)(F)F)n1. The highest BCUT2D eigenvalue weighted by Gasteiger charge is 2.34. The molecule has 0 aliphatic heterocycles. The highest BCUT2D eigenvalue weighted by molar-refractivity contribution is 5.35. The zero-order valence-electron chi connectivity index (χ0n) is 8.77. The second kappa shape index (κ2) is 4.08. The van der Waals surface area contributed by atoms with E-state index in [4.69, 9.17) is 4.74 Å². The molecule has 0 N–H and O–H groups in total. The second-order valence-electron chi connectivity index (χ2n) is 3.17. The zero-order valence-corrected chi connectivity index (χ0v) is 8.77. The van der Waals surface area contributed by atoms with Crippen LogP contribution in [0.15, 0.2) is 30.6 Å². The largest absolute Gasteiger partial charge is 0.480 e. The van der Waals surface area contributed by atoms with E-state index in [1.54, 1.807) is 0 Å². The average molecular weight is 243 g/mol. The third kappa shape index (κ3) is 2.22. The minimum atomic E-state index is -4.47. The Morgan fingerprint density at radius 1 is 1.29 bits per heavy atom. The summed E-state index contributed by atoms with van der Waals surface area (Å²) in [5.74, 6) is -0.0490. The Kier molecular flexibility index (Phi) is 2.74. The molecule has 0 amide bonds. The van der Waals surface area contributed by atoms with Gasteiger partial charge in [-0.15, -0.1) is 5.10 Å². The third-order valence-corrected chi connectivity index (χ3v) is 2.08. The van der Waals surface area contributed by atoms with Gasteiger partial charge in [0, 0.05) is 18.5 Å². The summed E-state index contributed by atoms with van der Waals surface area (Å²) < 4.78 is 44.0. The van der Waals surface area contributed by atoms with Crippen molar-refractivity contribution in [3.8, 4) is 11.7 Å². The highest BCUT2D eigenvalue weighted by Crippen LogP contribution is 2.32. The van der Waals surface area contributed by atoms with Gasteiger partial charge < -0.3 is 4.74 Å². The van der Waals surface area contributed by atoms with Crippen molar-refractivity contribution in [1.29, 1.82) is 0 Å². The molecule has 0 unspecified atom stereocenters. The fraction of sp³-hybridized carbons (Fsp3) is 0.200. The average Bonchev–Trinajstić information content (AvgIpc) is 2.76. The van der Waals surface area contributed by atoms with Gasteiger partial charge in [-0.3, -0.25) is 0 Å². The lowest BCUT2D eigenvalue weighted by Gasteiger charge is -2.10. The molecule has 0 fully saturated rings. The van der Waals surface area contributed by atoms with Crippen LogP contribution in [-0.2, 0) is 6.18 Å². The number of pyridine rings is 1. The standard InChI is InChI=1S/C10H8F3N3O/c1-17-8-4-6-16(15-8)9-7(10(11,12)13)3-2-5-14-9/h2-6H,1H3. The van der Waals surface area contributed by atoms with E-state index in [-0.39, 0.29) is 11.7 Å². The van der Waals surface area contributed by atoms with Crippen LogP contribution in [0.1, 0.15) is 5.56 Å². The summed E-state index contributed by atoms with van der Waals surface area (Å²) in [6.07, 6.45) is -1.84. The normalized spacial score (nSPS) is 11.5. The predicted octanol–water partition coefficient (Wildman–Crippen LogP) is 2.29. The molecule has 4 nitrogen and oxygen atoms in total.